The standard InChI is InChI=1S/C13H10F2N2O/c14-11-6-2-1-4-9(11)8-17-13(18)10-5-3-7-16-12(10)15/h1-7H,8H2,(H,17,18). The zero-order valence-electron chi connectivity index (χ0n) is 9.36. The van der Waals surface area contributed by atoms with Gasteiger partial charge in [0, 0.05) is 18.3 Å². The predicted molar refractivity (Wildman–Crippen MR) is 61.8 cm³/mol. The Morgan fingerprint density at radius 2 is 1.94 bits per heavy atom. The smallest absolute Gasteiger partial charge is 0.256 e. The summed E-state index contributed by atoms with van der Waals surface area (Å²) < 4.78 is 26.5. The van der Waals surface area contributed by atoms with Crippen LogP contribution >= 0.6 is 0 Å². The molecule has 0 radical (unpaired) electrons. The van der Waals surface area contributed by atoms with Crippen LogP contribution in [-0.4, -0.2) is 10.9 Å². The fourth-order valence-corrected chi connectivity index (χ4v) is 1.47. The van der Waals surface area contributed by atoms with Crippen LogP contribution in [0.1, 0.15) is 15.9 Å². The summed E-state index contributed by atoms with van der Waals surface area (Å²) in [5, 5.41) is 2.44. The lowest BCUT2D eigenvalue weighted by atomic mass is 10.2. The second kappa shape index (κ2) is 5.35. The quantitative estimate of drug-likeness (QED) is 0.847. The van der Waals surface area contributed by atoms with Gasteiger partial charge >= 0.3 is 0 Å². The lowest BCUT2D eigenvalue weighted by molar-refractivity contribution is 0.0945. The maximum Gasteiger partial charge on any atom is 0.256 e. The average molecular weight is 248 g/mol. The zero-order valence-corrected chi connectivity index (χ0v) is 9.36. The van der Waals surface area contributed by atoms with Crippen molar-refractivity contribution in [2.24, 2.45) is 0 Å². The van der Waals surface area contributed by atoms with E-state index in [1.807, 2.05) is 0 Å². The van der Waals surface area contributed by atoms with Crippen molar-refractivity contribution < 1.29 is 13.6 Å². The molecule has 0 atom stereocenters. The van der Waals surface area contributed by atoms with E-state index in [4.69, 9.17) is 0 Å². The summed E-state index contributed by atoms with van der Waals surface area (Å²) >= 11 is 0. The third-order valence-corrected chi connectivity index (χ3v) is 2.40. The number of aromatic nitrogens is 1. The summed E-state index contributed by atoms with van der Waals surface area (Å²) in [6.45, 7) is -0.000158. The molecule has 2 rings (SSSR count). The molecule has 2 aromatic rings. The van der Waals surface area contributed by atoms with Crippen molar-refractivity contribution in [3.8, 4) is 0 Å². The molecule has 1 N–H and O–H groups in total. The minimum Gasteiger partial charge on any atom is -0.348 e. The molecule has 0 unspecified atom stereocenters. The molecule has 0 saturated carbocycles. The first kappa shape index (κ1) is 12.2. The number of carbonyl (C=O) groups is 1. The molecule has 0 bridgehead atoms. The van der Waals surface area contributed by atoms with Gasteiger partial charge in [0.15, 0.2) is 0 Å². The summed E-state index contributed by atoms with van der Waals surface area (Å²) in [5.41, 5.74) is 0.184. The highest BCUT2D eigenvalue weighted by atomic mass is 19.1. The third-order valence-electron chi connectivity index (χ3n) is 2.40. The first-order chi connectivity index (χ1) is 8.68. The van der Waals surface area contributed by atoms with Crippen LogP contribution in [0.15, 0.2) is 42.6 Å². The van der Waals surface area contributed by atoms with Gasteiger partial charge in [0.25, 0.3) is 5.91 Å². The van der Waals surface area contributed by atoms with Crippen LogP contribution in [0.2, 0.25) is 0 Å². The monoisotopic (exact) mass is 248 g/mol. The maximum atomic E-state index is 13.3. The predicted octanol–water partition coefficient (Wildman–Crippen LogP) is 2.29. The number of nitrogens with zero attached hydrogens (tertiary/aromatic N) is 1. The number of pyridine rings is 1. The highest BCUT2D eigenvalue weighted by Gasteiger charge is 2.12. The Kier molecular flexibility index (Phi) is 3.62. The van der Waals surface area contributed by atoms with Crippen molar-refractivity contribution in [1.29, 1.82) is 0 Å². The van der Waals surface area contributed by atoms with Crippen molar-refractivity contribution in [3.05, 3.63) is 65.5 Å². The van der Waals surface area contributed by atoms with E-state index in [9.17, 15) is 13.6 Å². The Labute approximate surface area is 102 Å². The Morgan fingerprint density at radius 1 is 1.17 bits per heavy atom. The lowest BCUT2D eigenvalue weighted by Crippen LogP contribution is -2.24. The molecule has 1 heterocycles. The molecule has 1 aromatic carbocycles. The topological polar surface area (TPSA) is 42.0 Å². The highest BCUT2D eigenvalue weighted by Crippen LogP contribution is 2.07. The van der Waals surface area contributed by atoms with Gasteiger partial charge in [0.05, 0.1) is 5.56 Å². The van der Waals surface area contributed by atoms with Crippen LogP contribution in [-0.2, 0) is 6.54 Å². The second-order valence-electron chi connectivity index (χ2n) is 3.62. The van der Waals surface area contributed by atoms with Gasteiger partial charge in [-0.25, -0.2) is 9.37 Å². The number of halogens is 2. The molecule has 18 heavy (non-hydrogen) atoms. The number of nitrogens with one attached hydrogen (secondary N) is 1. The summed E-state index contributed by atoms with van der Waals surface area (Å²) in [7, 11) is 0. The number of hydrogen-bond donors (Lipinski definition) is 1. The molecule has 0 aliphatic carbocycles. The molecule has 0 fully saturated rings. The zero-order chi connectivity index (χ0) is 13.0. The van der Waals surface area contributed by atoms with Crippen LogP contribution in [0.25, 0.3) is 0 Å². The number of rotatable bonds is 3. The molecule has 5 heteroatoms. The van der Waals surface area contributed by atoms with E-state index < -0.39 is 17.7 Å². The Hall–Kier alpha value is -2.30. The molecule has 0 aliphatic rings. The van der Waals surface area contributed by atoms with Gasteiger partial charge in [-0.05, 0) is 18.2 Å². The van der Waals surface area contributed by atoms with Crippen LogP contribution in [0.5, 0.6) is 0 Å². The number of carbonyl (C=O) groups excluding carboxylic acids is 1. The molecule has 0 aliphatic heterocycles. The molecule has 1 aromatic heterocycles. The van der Waals surface area contributed by atoms with Gasteiger partial charge in [-0.15, -0.1) is 0 Å². The highest BCUT2D eigenvalue weighted by molar-refractivity contribution is 5.94. The Morgan fingerprint density at radius 3 is 2.67 bits per heavy atom. The van der Waals surface area contributed by atoms with Crippen molar-refractivity contribution in [3.63, 3.8) is 0 Å². The number of benzene rings is 1. The molecule has 92 valence electrons. The number of hydrogen-bond acceptors (Lipinski definition) is 2. The second-order valence-corrected chi connectivity index (χ2v) is 3.62. The van der Waals surface area contributed by atoms with Crippen molar-refractivity contribution in [1.82, 2.24) is 10.3 Å². The molecule has 0 saturated heterocycles. The average Bonchev–Trinajstić information content (AvgIpc) is 2.38. The van der Waals surface area contributed by atoms with Gasteiger partial charge in [-0.3, -0.25) is 4.79 Å². The SMILES string of the molecule is O=C(NCc1ccccc1F)c1cccnc1F. The van der Waals surface area contributed by atoms with E-state index in [-0.39, 0.29) is 12.1 Å². The summed E-state index contributed by atoms with van der Waals surface area (Å²) in [6, 6.07) is 8.85. The van der Waals surface area contributed by atoms with Crippen LogP contribution in [0.3, 0.4) is 0 Å². The van der Waals surface area contributed by atoms with Crippen LogP contribution in [0, 0.1) is 11.8 Å². The first-order valence-corrected chi connectivity index (χ1v) is 5.30. The largest absolute Gasteiger partial charge is 0.348 e. The number of amides is 1. The lowest BCUT2D eigenvalue weighted by Gasteiger charge is -2.06. The van der Waals surface area contributed by atoms with Crippen molar-refractivity contribution in [2.75, 3.05) is 0 Å². The van der Waals surface area contributed by atoms with Crippen LogP contribution < -0.4 is 5.32 Å². The minimum atomic E-state index is -0.844. The van der Waals surface area contributed by atoms with Gasteiger partial charge in [-0.2, -0.15) is 4.39 Å². The van der Waals surface area contributed by atoms with Crippen molar-refractivity contribution >= 4 is 5.91 Å². The molecule has 3 nitrogen and oxygen atoms in total. The maximum absolute atomic E-state index is 13.3. The normalized spacial score (nSPS) is 10.1. The van der Waals surface area contributed by atoms with Gasteiger partial charge in [0.1, 0.15) is 5.82 Å². The summed E-state index contributed by atoms with van der Waals surface area (Å²) in [5.74, 6) is -1.88. The fourth-order valence-electron chi connectivity index (χ4n) is 1.47. The van der Waals surface area contributed by atoms with Crippen LogP contribution in [0.4, 0.5) is 8.78 Å². The Bertz CT molecular complexity index is 572. The van der Waals surface area contributed by atoms with E-state index in [0.29, 0.717) is 5.56 Å². The Balaban J connectivity index is 2.06. The van der Waals surface area contributed by atoms with E-state index >= 15 is 0 Å². The van der Waals surface area contributed by atoms with E-state index in [0.717, 1.165) is 0 Å². The van der Waals surface area contributed by atoms with Crippen molar-refractivity contribution in [2.45, 2.75) is 6.54 Å². The van der Waals surface area contributed by atoms with Gasteiger partial charge < -0.3 is 5.32 Å². The minimum absolute atomic E-state index is 0.000158. The first-order valence-electron chi connectivity index (χ1n) is 5.30. The van der Waals surface area contributed by atoms with Gasteiger partial charge in [-0.1, -0.05) is 18.2 Å². The molecular weight excluding hydrogens is 238 g/mol. The summed E-state index contributed by atoms with van der Waals surface area (Å²) in [6.07, 6.45) is 1.25. The molecular formula is C13H10F2N2O. The fraction of sp³-hybridized carbons (Fsp3) is 0.0769. The molecule has 1 amide bonds. The molecule has 0 spiro atoms. The summed E-state index contributed by atoms with van der Waals surface area (Å²) in [4.78, 5) is 15.0. The van der Waals surface area contributed by atoms with Gasteiger partial charge in [0.2, 0.25) is 5.95 Å². The van der Waals surface area contributed by atoms with E-state index in [1.165, 1.54) is 24.4 Å². The van der Waals surface area contributed by atoms with E-state index in [1.54, 1.807) is 18.2 Å². The third kappa shape index (κ3) is 2.68. The van der Waals surface area contributed by atoms with E-state index in [2.05, 4.69) is 10.3 Å².